The Balaban J connectivity index is 1.50. The Morgan fingerprint density at radius 2 is 1.88 bits per heavy atom. The monoisotopic (exact) mass is 354 g/mol. The molecule has 140 valence electrons. The van der Waals surface area contributed by atoms with E-state index in [1.54, 1.807) is 14.2 Å². The van der Waals surface area contributed by atoms with Crippen molar-refractivity contribution in [1.82, 2.24) is 0 Å². The summed E-state index contributed by atoms with van der Waals surface area (Å²) in [4.78, 5) is 0. The van der Waals surface area contributed by atoms with Gasteiger partial charge in [-0.3, -0.25) is 0 Å². The second kappa shape index (κ2) is 7.57. The molecule has 1 N–H and O–H groups in total. The lowest BCUT2D eigenvalue weighted by Crippen LogP contribution is -2.43. The quantitative estimate of drug-likeness (QED) is 0.794. The molecule has 0 unspecified atom stereocenters. The van der Waals surface area contributed by atoms with E-state index in [1.807, 2.05) is 38.1 Å². The van der Waals surface area contributed by atoms with Crippen LogP contribution < -0.4 is 4.74 Å². The molecule has 2 saturated heterocycles. The molecule has 2 heterocycles. The molecule has 3 rings (SSSR count). The Kier molecular flexibility index (Phi) is 5.62. The maximum atomic E-state index is 10.4. The topological polar surface area (TPSA) is 75.6 Å². The Labute approximate surface area is 147 Å². The number of fused-ring (bicyclic) bond motifs is 1. The fourth-order valence-electron chi connectivity index (χ4n) is 3.20. The van der Waals surface area contributed by atoms with E-state index < -0.39 is 30.4 Å². The minimum atomic E-state index is -0.843. The minimum absolute atomic E-state index is 0.124. The summed E-state index contributed by atoms with van der Waals surface area (Å²) in [6, 6.07) is 7.58. The average molecular weight is 354 g/mol. The number of aliphatic hydroxyl groups excluding tert-OH is 1. The van der Waals surface area contributed by atoms with Crippen LogP contribution in [0.2, 0.25) is 0 Å². The van der Waals surface area contributed by atoms with Gasteiger partial charge in [-0.15, -0.1) is 0 Å². The van der Waals surface area contributed by atoms with E-state index in [1.165, 1.54) is 0 Å². The fraction of sp³-hybridized carbons (Fsp3) is 0.667. The number of hydrogen-bond acceptors (Lipinski definition) is 7. The molecule has 0 amide bonds. The molecule has 0 aliphatic carbocycles. The molecule has 0 bridgehead atoms. The Morgan fingerprint density at radius 3 is 2.52 bits per heavy atom. The second-order valence-electron chi connectivity index (χ2n) is 6.70. The van der Waals surface area contributed by atoms with Crippen molar-refractivity contribution < 1.29 is 33.5 Å². The fourth-order valence-corrected chi connectivity index (χ4v) is 3.20. The van der Waals surface area contributed by atoms with E-state index in [9.17, 15) is 5.11 Å². The van der Waals surface area contributed by atoms with Gasteiger partial charge >= 0.3 is 0 Å². The van der Waals surface area contributed by atoms with E-state index in [2.05, 4.69) is 0 Å². The zero-order chi connectivity index (χ0) is 18.0. The lowest BCUT2D eigenvalue weighted by molar-refractivity contribution is -0.230. The zero-order valence-corrected chi connectivity index (χ0v) is 15.0. The van der Waals surface area contributed by atoms with Crippen molar-refractivity contribution in [3.05, 3.63) is 29.8 Å². The molecule has 7 nitrogen and oxygen atoms in total. The lowest BCUT2D eigenvalue weighted by atomic mass is 10.1. The highest BCUT2D eigenvalue weighted by Crippen LogP contribution is 2.39. The van der Waals surface area contributed by atoms with Crippen molar-refractivity contribution >= 4 is 0 Å². The van der Waals surface area contributed by atoms with Crippen molar-refractivity contribution in [2.75, 3.05) is 20.8 Å². The van der Waals surface area contributed by atoms with Crippen molar-refractivity contribution in [2.45, 2.75) is 56.9 Å². The standard InChI is InChI=1S/C18H26O7/c1-18(2)24-16-15(21-4)14(23-17(16)25-18)13(19)10-22-9-11-5-7-12(20-3)8-6-11/h5-8,13-17,19H,9-10H2,1-4H3/t13-,14-,15+,16-,17-/m1/s1. The largest absolute Gasteiger partial charge is 0.497 e. The lowest BCUT2D eigenvalue weighted by Gasteiger charge is -2.27. The van der Waals surface area contributed by atoms with E-state index in [0.29, 0.717) is 6.61 Å². The van der Waals surface area contributed by atoms with Gasteiger partial charge in [0.15, 0.2) is 12.1 Å². The SMILES string of the molecule is COc1ccc(COC[C@@H](O)[C@H]2O[C@@H]3OC(C)(C)O[C@@H]3[C@H]2OC)cc1. The first kappa shape index (κ1) is 18.6. The van der Waals surface area contributed by atoms with E-state index in [0.717, 1.165) is 11.3 Å². The van der Waals surface area contributed by atoms with Crippen LogP contribution in [0.25, 0.3) is 0 Å². The first-order valence-electron chi connectivity index (χ1n) is 8.36. The summed E-state index contributed by atoms with van der Waals surface area (Å²) in [7, 11) is 3.20. The van der Waals surface area contributed by atoms with Gasteiger partial charge in [-0.25, -0.2) is 0 Å². The van der Waals surface area contributed by atoms with Crippen molar-refractivity contribution in [3.8, 4) is 5.75 Å². The van der Waals surface area contributed by atoms with Crippen LogP contribution in [0.4, 0.5) is 0 Å². The molecule has 0 aromatic heterocycles. The van der Waals surface area contributed by atoms with Gasteiger partial charge in [-0.2, -0.15) is 0 Å². The first-order valence-corrected chi connectivity index (χ1v) is 8.36. The second-order valence-corrected chi connectivity index (χ2v) is 6.70. The zero-order valence-electron chi connectivity index (χ0n) is 15.0. The van der Waals surface area contributed by atoms with E-state index >= 15 is 0 Å². The molecule has 2 aliphatic rings. The molecule has 7 heteroatoms. The van der Waals surface area contributed by atoms with Crippen molar-refractivity contribution in [2.24, 2.45) is 0 Å². The third-order valence-electron chi connectivity index (χ3n) is 4.39. The minimum Gasteiger partial charge on any atom is -0.497 e. The van der Waals surface area contributed by atoms with Crippen LogP contribution in [0.1, 0.15) is 19.4 Å². The van der Waals surface area contributed by atoms with Crippen LogP contribution in [0, 0.1) is 0 Å². The average Bonchev–Trinajstić information content (AvgIpc) is 3.06. The van der Waals surface area contributed by atoms with Gasteiger partial charge in [0, 0.05) is 7.11 Å². The molecule has 2 aliphatic heterocycles. The van der Waals surface area contributed by atoms with Crippen LogP contribution in [-0.4, -0.2) is 62.4 Å². The van der Waals surface area contributed by atoms with Crippen molar-refractivity contribution in [1.29, 1.82) is 0 Å². The Bertz CT molecular complexity index is 559. The van der Waals surface area contributed by atoms with Gasteiger partial charge in [0.05, 0.1) is 20.3 Å². The normalized spacial score (nSPS) is 31.7. The smallest absolute Gasteiger partial charge is 0.190 e. The van der Waals surface area contributed by atoms with Crippen molar-refractivity contribution in [3.63, 3.8) is 0 Å². The predicted octanol–water partition coefficient (Wildman–Crippen LogP) is 1.46. The maximum Gasteiger partial charge on any atom is 0.190 e. The summed E-state index contributed by atoms with van der Waals surface area (Å²) < 4.78 is 33.5. The van der Waals surface area contributed by atoms with Gasteiger partial charge in [-0.05, 0) is 31.5 Å². The molecule has 0 spiro atoms. The summed E-state index contributed by atoms with van der Waals surface area (Å²) in [5.74, 6) is 0.0768. The van der Waals surface area contributed by atoms with E-state index in [4.69, 9.17) is 28.4 Å². The van der Waals surface area contributed by atoms with Crippen LogP contribution in [0.3, 0.4) is 0 Å². The molecule has 5 atom stereocenters. The van der Waals surface area contributed by atoms with Gasteiger partial charge in [-0.1, -0.05) is 12.1 Å². The number of rotatable bonds is 7. The third kappa shape index (κ3) is 4.13. The molecular formula is C18H26O7. The van der Waals surface area contributed by atoms with Gasteiger partial charge in [0.25, 0.3) is 0 Å². The van der Waals surface area contributed by atoms with Crippen LogP contribution in [0.5, 0.6) is 5.75 Å². The maximum absolute atomic E-state index is 10.4. The summed E-state index contributed by atoms with van der Waals surface area (Å²) in [6.45, 7) is 4.16. The van der Waals surface area contributed by atoms with E-state index in [-0.39, 0.29) is 12.7 Å². The highest BCUT2D eigenvalue weighted by atomic mass is 16.8. The molecule has 0 radical (unpaired) electrons. The molecule has 25 heavy (non-hydrogen) atoms. The number of hydrogen-bond donors (Lipinski definition) is 1. The summed E-state index contributed by atoms with van der Waals surface area (Å²) in [6.07, 6.45) is -2.72. The summed E-state index contributed by atoms with van der Waals surface area (Å²) >= 11 is 0. The van der Waals surface area contributed by atoms with Gasteiger partial charge < -0.3 is 33.5 Å². The molecule has 0 saturated carbocycles. The van der Waals surface area contributed by atoms with Crippen LogP contribution in [0.15, 0.2) is 24.3 Å². The number of aliphatic hydroxyl groups is 1. The van der Waals surface area contributed by atoms with Crippen LogP contribution in [-0.2, 0) is 30.3 Å². The molecule has 2 fully saturated rings. The van der Waals surface area contributed by atoms with Crippen LogP contribution >= 0.6 is 0 Å². The molecular weight excluding hydrogens is 328 g/mol. The number of benzene rings is 1. The van der Waals surface area contributed by atoms with Gasteiger partial charge in [0.2, 0.25) is 0 Å². The third-order valence-corrected chi connectivity index (χ3v) is 4.39. The highest BCUT2D eigenvalue weighted by molar-refractivity contribution is 5.26. The number of methoxy groups -OCH3 is 2. The Hall–Kier alpha value is -1.22. The first-order chi connectivity index (χ1) is 11.9. The molecule has 1 aromatic carbocycles. The Morgan fingerprint density at radius 1 is 1.16 bits per heavy atom. The predicted molar refractivity (Wildman–Crippen MR) is 88.2 cm³/mol. The molecule has 1 aromatic rings. The van der Waals surface area contributed by atoms with Gasteiger partial charge in [0.1, 0.15) is 30.2 Å². The summed E-state index contributed by atoms with van der Waals surface area (Å²) in [5.41, 5.74) is 0.994. The summed E-state index contributed by atoms with van der Waals surface area (Å²) in [5, 5.41) is 10.4. The highest BCUT2D eigenvalue weighted by Gasteiger charge is 2.56. The number of ether oxygens (including phenoxy) is 6.